The maximum absolute atomic E-state index is 12.5. The normalized spacial score (nSPS) is 11.1. The Morgan fingerprint density at radius 1 is 1.35 bits per heavy atom. The number of rotatable bonds is 5. The third-order valence-electron chi connectivity index (χ3n) is 3.39. The van der Waals surface area contributed by atoms with E-state index >= 15 is 0 Å². The minimum absolute atomic E-state index is 0.0250. The van der Waals surface area contributed by atoms with Crippen molar-refractivity contribution >= 4 is 17.4 Å². The van der Waals surface area contributed by atoms with Crippen molar-refractivity contribution in [3.8, 4) is 0 Å². The second-order valence-electron chi connectivity index (χ2n) is 4.77. The van der Waals surface area contributed by atoms with Gasteiger partial charge in [0.05, 0.1) is 11.4 Å². The highest BCUT2D eigenvalue weighted by atomic mass is 35.5. The van der Waals surface area contributed by atoms with Crippen molar-refractivity contribution in [1.29, 1.82) is 0 Å². The van der Waals surface area contributed by atoms with Gasteiger partial charge in [0.25, 0.3) is 0 Å². The van der Waals surface area contributed by atoms with Crippen molar-refractivity contribution in [2.24, 2.45) is 7.05 Å². The van der Waals surface area contributed by atoms with Gasteiger partial charge >= 0.3 is 0 Å². The molecule has 0 aliphatic carbocycles. The topological polar surface area (TPSA) is 52.7 Å². The third kappa shape index (κ3) is 2.63. The van der Waals surface area contributed by atoms with Crippen LogP contribution in [0.4, 0.5) is 0 Å². The van der Waals surface area contributed by atoms with Gasteiger partial charge in [-0.3, -0.25) is 14.2 Å². The van der Waals surface area contributed by atoms with Crippen LogP contribution in [-0.4, -0.2) is 25.3 Å². The summed E-state index contributed by atoms with van der Waals surface area (Å²) in [6.45, 7) is 6.55. The van der Waals surface area contributed by atoms with Gasteiger partial charge < -0.3 is 0 Å². The van der Waals surface area contributed by atoms with E-state index in [2.05, 4.69) is 10.2 Å². The van der Waals surface area contributed by atoms with E-state index in [1.54, 1.807) is 16.4 Å². The number of carbonyl (C=O) groups is 1. The molecule has 0 atom stereocenters. The van der Waals surface area contributed by atoms with Crippen LogP contribution in [0, 0.1) is 6.92 Å². The molecule has 0 saturated heterocycles. The summed E-state index contributed by atoms with van der Waals surface area (Å²) in [5.74, 6) is 0.0250. The molecule has 5 nitrogen and oxygen atoms in total. The number of ketones is 1. The lowest BCUT2D eigenvalue weighted by molar-refractivity contribution is 0.0982. The highest BCUT2D eigenvalue weighted by molar-refractivity contribution is 6.30. The molecular formula is C14H19ClN4O. The van der Waals surface area contributed by atoms with Crippen LogP contribution in [0.25, 0.3) is 0 Å². The maximum atomic E-state index is 12.5. The van der Waals surface area contributed by atoms with E-state index in [0.717, 1.165) is 23.4 Å². The molecule has 0 radical (unpaired) electrons. The van der Waals surface area contributed by atoms with Crippen LogP contribution in [0.5, 0.6) is 0 Å². The molecule has 0 N–H and O–H groups in total. The van der Waals surface area contributed by atoms with Crippen LogP contribution >= 0.6 is 11.6 Å². The zero-order chi connectivity index (χ0) is 14.9. The molecule has 0 aliphatic heterocycles. The van der Waals surface area contributed by atoms with Crippen molar-refractivity contribution in [2.75, 3.05) is 0 Å². The van der Waals surface area contributed by atoms with E-state index in [1.807, 2.05) is 26.8 Å². The molecule has 0 amide bonds. The van der Waals surface area contributed by atoms with Crippen molar-refractivity contribution in [2.45, 2.75) is 40.2 Å². The third-order valence-corrected chi connectivity index (χ3v) is 3.86. The first-order chi connectivity index (χ1) is 9.47. The summed E-state index contributed by atoms with van der Waals surface area (Å²) < 4.78 is 3.34. The Kier molecular flexibility index (Phi) is 4.28. The summed E-state index contributed by atoms with van der Waals surface area (Å²) in [6, 6.07) is 1.87. The average Bonchev–Trinajstić information content (AvgIpc) is 2.95. The van der Waals surface area contributed by atoms with Gasteiger partial charge in [-0.05, 0) is 26.3 Å². The number of Topliss-reactive ketones (excluding diaryl/α,β-unsaturated/α-hetero) is 1. The predicted octanol–water partition coefficient (Wildman–Crippen LogP) is 2.59. The van der Waals surface area contributed by atoms with E-state index < -0.39 is 0 Å². The highest BCUT2D eigenvalue weighted by Gasteiger charge is 2.19. The minimum atomic E-state index is 0.0250. The smallest absolute Gasteiger partial charge is 0.185 e. The van der Waals surface area contributed by atoms with Gasteiger partial charge in [0.1, 0.15) is 10.8 Å². The standard InChI is InChI=1S/C14H19ClN4O/c1-5-10-7-12(19(6-2)17-10)13(20)8-11-9(3)16-18(4)14(11)15/h7H,5-6,8H2,1-4H3. The molecule has 2 aromatic heterocycles. The van der Waals surface area contributed by atoms with Crippen LogP contribution < -0.4 is 0 Å². The Morgan fingerprint density at radius 2 is 2.05 bits per heavy atom. The average molecular weight is 295 g/mol. The first-order valence-electron chi connectivity index (χ1n) is 6.75. The van der Waals surface area contributed by atoms with Crippen LogP contribution in [0.3, 0.4) is 0 Å². The number of hydrogen-bond donors (Lipinski definition) is 0. The molecule has 0 aromatic carbocycles. The molecule has 0 spiro atoms. The van der Waals surface area contributed by atoms with Crippen molar-refractivity contribution < 1.29 is 4.79 Å². The Labute approximate surface area is 123 Å². The van der Waals surface area contributed by atoms with Crippen molar-refractivity contribution in [1.82, 2.24) is 19.6 Å². The van der Waals surface area contributed by atoms with E-state index in [0.29, 0.717) is 17.4 Å². The molecule has 20 heavy (non-hydrogen) atoms. The quantitative estimate of drug-likeness (QED) is 0.797. The Hall–Kier alpha value is -1.62. The summed E-state index contributed by atoms with van der Waals surface area (Å²) >= 11 is 6.18. The van der Waals surface area contributed by atoms with Crippen molar-refractivity contribution in [3.63, 3.8) is 0 Å². The van der Waals surface area contributed by atoms with Crippen LogP contribution in [0.15, 0.2) is 6.07 Å². The maximum Gasteiger partial charge on any atom is 0.185 e. The fourth-order valence-corrected chi connectivity index (χ4v) is 2.48. The van der Waals surface area contributed by atoms with E-state index in [1.165, 1.54) is 0 Å². The molecule has 6 heteroatoms. The van der Waals surface area contributed by atoms with E-state index in [-0.39, 0.29) is 12.2 Å². The van der Waals surface area contributed by atoms with Gasteiger partial charge in [-0.15, -0.1) is 0 Å². The van der Waals surface area contributed by atoms with Gasteiger partial charge in [0.2, 0.25) is 0 Å². The number of hydrogen-bond acceptors (Lipinski definition) is 3. The van der Waals surface area contributed by atoms with Gasteiger partial charge in [0.15, 0.2) is 5.78 Å². The summed E-state index contributed by atoms with van der Waals surface area (Å²) in [5.41, 5.74) is 3.16. The number of nitrogens with zero attached hydrogens (tertiary/aromatic N) is 4. The number of halogens is 1. The monoisotopic (exact) mass is 294 g/mol. The Balaban J connectivity index is 2.30. The van der Waals surface area contributed by atoms with Crippen LogP contribution in [-0.2, 0) is 26.4 Å². The zero-order valence-electron chi connectivity index (χ0n) is 12.3. The molecule has 108 valence electrons. The van der Waals surface area contributed by atoms with Crippen LogP contribution in [0.2, 0.25) is 5.15 Å². The molecular weight excluding hydrogens is 276 g/mol. The SMILES string of the molecule is CCc1cc(C(=O)Cc2c(C)nn(C)c2Cl)n(CC)n1. The van der Waals surface area contributed by atoms with E-state index in [9.17, 15) is 4.79 Å². The molecule has 2 heterocycles. The second kappa shape index (κ2) is 5.79. The summed E-state index contributed by atoms with van der Waals surface area (Å²) in [5, 5.41) is 9.16. The van der Waals surface area contributed by atoms with Crippen molar-refractivity contribution in [3.05, 3.63) is 33.9 Å². The number of aryl methyl sites for hydroxylation is 4. The molecule has 0 saturated carbocycles. The molecule has 0 aliphatic rings. The molecule has 0 unspecified atom stereocenters. The van der Waals surface area contributed by atoms with Gasteiger partial charge in [-0.25, -0.2) is 0 Å². The minimum Gasteiger partial charge on any atom is -0.292 e. The largest absolute Gasteiger partial charge is 0.292 e. The first kappa shape index (κ1) is 14.8. The molecule has 2 aromatic rings. The summed E-state index contributed by atoms with van der Waals surface area (Å²) in [6.07, 6.45) is 1.08. The lowest BCUT2D eigenvalue weighted by Gasteiger charge is -2.03. The predicted molar refractivity (Wildman–Crippen MR) is 78.3 cm³/mol. The fourth-order valence-electron chi connectivity index (χ4n) is 2.23. The van der Waals surface area contributed by atoms with Gasteiger partial charge in [0, 0.05) is 25.6 Å². The zero-order valence-corrected chi connectivity index (χ0v) is 13.0. The second-order valence-corrected chi connectivity index (χ2v) is 5.13. The first-order valence-corrected chi connectivity index (χ1v) is 7.13. The Bertz CT molecular complexity index is 642. The lowest BCUT2D eigenvalue weighted by Crippen LogP contribution is -2.12. The number of carbonyl (C=O) groups excluding carboxylic acids is 1. The van der Waals surface area contributed by atoms with Gasteiger partial charge in [-0.2, -0.15) is 10.2 Å². The lowest BCUT2D eigenvalue weighted by atomic mass is 10.1. The van der Waals surface area contributed by atoms with Gasteiger partial charge in [-0.1, -0.05) is 18.5 Å². The summed E-state index contributed by atoms with van der Waals surface area (Å²) in [7, 11) is 1.77. The number of aromatic nitrogens is 4. The summed E-state index contributed by atoms with van der Waals surface area (Å²) in [4.78, 5) is 12.5. The van der Waals surface area contributed by atoms with Crippen LogP contribution in [0.1, 0.15) is 41.3 Å². The highest BCUT2D eigenvalue weighted by Crippen LogP contribution is 2.21. The molecule has 0 bridgehead atoms. The van der Waals surface area contributed by atoms with E-state index in [4.69, 9.17) is 11.6 Å². The Morgan fingerprint density at radius 3 is 2.55 bits per heavy atom. The molecule has 2 rings (SSSR count). The fraction of sp³-hybridized carbons (Fsp3) is 0.500. The molecule has 0 fully saturated rings.